The van der Waals surface area contributed by atoms with Gasteiger partial charge in [-0.25, -0.2) is 9.50 Å². The number of nitrogens with zero attached hydrogens (tertiary/aromatic N) is 3. The highest BCUT2D eigenvalue weighted by Gasteiger charge is 2.27. The molecule has 1 aliphatic rings. The van der Waals surface area contributed by atoms with Crippen molar-refractivity contribution in [2.75, 3.05) is 17.6 Å². The van der Waals surface area contributed by atoms with Gasteiger partial charge in [0.25, 0.3) is 5.91 Å². The Kier molecular flexibility index (Phi) is 6.36. The number of alkyl halides is 3. The lowest BCUT2D eigenvalue weighted by atomic mass is 10.0. The van der Waals surface area contributed by atoms with Crippen LogP contribution in [0.1, 0.15) is 35.2 Å². The van der Waals surface area contributed by atoms with E-state index in [4.69, 9.17) is 10.5 Å². The highest BCUT2D eigenvalue weighted by molar-refractivity contribution is 5.96. The van der Waals surface area contributed by atoms with E-state index in [9.17, 15) is 18.0 Å². The summed E-state index contributed by atoms with van der Waals surface area (Å²) in [7, 11) is 0. The second-order valence-corrected chi connectivity index (χ2v) is 8.98. The van der Waals surface area contributed by atoms with Gasteiger partial charge in [0.1, 0.15) is 0 Å². The normalized spacial score (nSPS) is 13.5. The van der Waals surface area contributed by atoms with E-state index in [0.717, 1.165) is 24.0 Å². The summed E-state index contributed by atoms with van der Waals surface area (Å²) in [4.78, 5) is 16.9. The predicted octanol–water partition coefficient (Wildman–Crippen LogP) is 5.34. The minimum Gasteiger partial charge on any atom is -0.435 e. The second kappa shape index (κ2) is 9.64. The van der Waals surface area contributed by atoms with Gasteiger partial charge in [0.2, 0.25) is 5.88 Å². The van der Waals surface area contributed by atoms with Crippen molar-refractivity contribution in [3.05, 3.63) is 65.9 Å². The zero-order valence-corrected chi connectivity index (χ0v) is 20.0. The fraction of sp³-hybridized carbons (Fsp3) is 0.269. The Morgan fingerprint density at radius 1 is 1.19 bits per heavy atom. The van der Waals surface area contributed by atoms with Gasteiger partial charge >= 0.3 is 6.18 Å². The molecule has 1 saturated carbocycles. The number of fused-ring (bicyclic) bond motifs is 1. The highest BCUT2D eigenvalue weighted by atomic mass is 19.4. The topological polar surface area (TPSA) is 107 Å². The number of nitrogen functional groups attached to an aromatic ring is 1. The number of halogens is 3. The third-order valence-electron chi connectivity index (χ3n) is 5.98. The van der Waals surface area contributed by atoms with Gasteiger partial charge in [-0.15, -0.1) is 5.10 Å². The molecule has 8 nitrogen and oxygen atoms in total. The highest BCUT2D eigenvalue weighted by Crippen LogP contribution is 2.32. The molecular formula is C26H25F3N6O2. The van der Waals surface area contributed by atoms with Crippen molar-refractivity contribution in [2.45, 2.75) is 38.4 Å². The molecule has 1 fully saturated rings. The second-order valence-electron chi connectivity index (χ2n) is 8.98. The molecule has 2 aromatic heterocycles. The van der Waals surface area contributed by atoms with E-state index in [0.29, 0.717) is 34.0 Å². The Hall–Kier alpha value is -4.28. The molecule has 4 aromatic rings. The first-order valence-electron chi connectivity index (χ1n) is 11.8. The Morgan fingerprint density at radius 3 is 2.68 bits per heavy atom. The van der Waals surface area contributed by atoms with Crippen LogP contribution in [0.25, 0.3) is 16.9 Å². The lowest BCUT2D eigenvalue weighted by molar-refractivity contribution is -0.131. The number of aryl methyl sites for hydroxylation is 1. The Balaban J connectivity index is 1.52. The number of hydrogen-bond acceptors (Lipinski definition) is 6. The first-order chi connectivity index (χ1) is 17.7. The van der Waals surface area contributed by atoms with Crippen molar-refractivity contribution in [1.29, 1.82) is 0 Å². The molecule has 2 heterocycles. The lowest BCUT2D eigenvalue weighted by Gasteiger charge is -2.13. The molecule has 0 atom stereocenters. The van der Waals surface area contributed by atoms with E-state index >= 15 is 0 Å². The Labute approximate surface area is 210 Å². The molecular weight excluding hydrogens is 485 g/mol. The third-order valence-corrected chi connectivity index (χ3v) is 5.98. The quantitative estimate of drug-likeness (QED) is 0.277. The molecule has 192 valence electrons. The number of benzene rings is 2. The zero-order valence-electron chi connectivity index (χ0n) is 20.0. The number of hydrogen-bond donors (Lipinski definition) is 3. The monoisotopic (exact) mass is 510 g/mol. The number of nitrogens with one attached hydrogen (secondary N) is 2. The summed E-state index contributed by atoms with van der Waals surface area (Å²) in [5, 5.41) is 10.3. The van der Waals surface area contributed by atoms with Crippen LogP contribution >= 0.6 is 0 Å². The first-order valence-corrected chi connectivity index (χ1v) is 11.8. The van der Waals surface area contributed by atoms with Gasteiger partial charge < -0.3 is 21.1 Å². The number of anilines is 2. The molecule has 11 heteroatoms. The van der Waals surface area contributed by atoms with Gasteiger partial charge in [0, 0.05) is 29.8 Å². The van der Waals surface area contributed by atoms with E-state index < -0.39 is 12.6 Å². The smallest absolute Gasteiger partial charge is 0.390 e. The number of rotatable bonds is 8. The van der Waals surface area contributed by atoms with E-state index in [-0.39, 0.29) is 24.4 Å². The molecule has 5 rings (SSSR count). The van der Waals surface area contributed by atoms with E-state index in [1.165, 1.54) is 10.6 Å². The summed E-state index contributed by atoms with van der Waals surface area (Å²) in [5.41, 5.74) is 9.71. The minimum absolute atomic E-state index is 0.116. The maximum atomic E-state index is 12.8. The molecule has 0 radical (unpaired) electrons. The molecule has 0 bridgehead atoms. The number of amides is 1. The average Bonchev–Trinajstić information content (AvgIpc) is 3.54. The van der Waals surface area contributed by atoms with Gasteiger partial charge in [-0.2, -0.15) is 13.2 Å². The van der Waals surface area contributed by atoms with Crippen LogP contribution in [0.3, 0.4) is 0 Å². The standard InChI is InChI=1S/C26H25F3N6O2/c1-15-12-16(6-9-18(15)25(36)33-17-7-8-17)21-14-32-24-20(31-11-10-26(27,28)29)13-23(34-35(21)24)37-22-5-3-2-4-19(22)30/h2-6,9,12-14,17,31H,7-8,10-11,30H2,1H3,(H,33,36). The summed E-state index contributed by atoms with van der Waals surface area (Å²) >= 11 is 0. The van der Waals surface area contributed by atoms with Crippen LogP contribution in [-0.2, 0) is 0 Å². The summed E-state index contributed by atoms with van der Waals surface area (Å²) in [6.45, 7) is 1.50. The fourth-order valence-electron chi connectivity index (χ4n) is 3.92. The molecule has 1 aliphatic carbocycles. The van der Waals surface area contributed by atoms with Crippen LogP contribution in [-0.4, -0.2) is 39.3 Å². The average molecular weight is 511 g/mol. The van der Waals surface area contributed by atoms with Crippen molar-refractivity contribution in [1.82, 2.24) is 19.9 Å². The SMILES string of the molecule is Cc1cc(-c2cnc3c(NCCC(F)(F)F)cc(Oc4ccccc4N)nn23)ccc1C(=O)NC1CC1. The molecule has 37 heavy (non-hydrogen) atoms. The number of para-hydroxylation sites is 2. The first kappa shape index (κ1) is 24.4. The van der Waals surface area contributed by atoms with E-state index in [1.54, 1.807) is 42.6 Å². The minimum atomic E-state index is -4.31. The molecule has 0 spiro atoms. The molecule has 0 aliphatic heterocycles. The van der Waals surface area contributed by atoms with Crippen LogP contribution in [0.5, 0.6) is 11.6 Å². The van der Waals surface area contributed by atoms with Crippen molar-refractivity contribution >= 4 is 22.9 Å². The van der Waals surface area contributed by atoms with Gasteiger partial charge in [0.15, 0.2) is 11.4 Å². The summed E-state index contributed by atoms with van der Waals surface area (Å²) in [5.74, 6) is 0.366. The van der Waals surface area contributed by atoms with Crippen LogP contribution in [0.15, 0.2) is 54.7 Å². The van der Waals surface area contributed by atoms with Crippen LogP contribution in [0.2, 0.25) is 0 Å². The van der Waals surface area contributed by atoms with Gasteiger partial charge in [-0.1, -0.05) is 18.2 Å². The van der Waals surface area contributed by atoms with E-state index in [1.807, 2.05) is 13.0 Å². The number of carbonyl (C=O) groups is 1. The molecule has 1 amide bonds. The molecule has 0 saturated heterocycles. The lowest BCUT2D eigenvalue weighted by Crippen LogP contribution is -2.26. The zero-order chi connectivity index (χ0) is 26.2. The number of carbonyl (C=O) groups excluding carboxylic acids is 1. The maximum Gasteiger partial charge on any atom is 0.390 e. The largest absolute Gasteiger partial charge is 0.435 e. The fourth-order valence-corrected chi connectivity index (χ4v) is 3.92. The molecule has 0 unspecified atom stereocenters. The van der Waals surface area contributed by atoms with Crippen LogP contribution < -0.4 is 21.1 Å². The Bertz CT molecular complexity index is 1460. The molecule has 2 aromatic carbocycles. The number of ether oxygens (including phenoxy) is 1. The van der Waals surface area contributed by atoms with Gasteiger partial charge in [-0.3, -0.25) is 4.79 Å². The van der Waals surface area contributed by atoms with Crippen molar-refractivity contribution < 1.29 is 22.7 Å². The number of aromatic nitrogens is 3. The van der Waals surface area contributed by atoms with Crippen molar-refractivity contribution in [3.8, 4) is 22.9 Å². The number of nitrogens with two attached hydrogens (primary N) is 1. The van der Waals surface area contributed by atoms with Crippen LogP contribution in [0.4, 0.5) is 24.5 Å². The summed E-state index contributed by atoms with van der Waals surface area (Å²) < 4.78 is 45.7. The van der Waals surface area contributed by atoms with E-state index in [2.05, 4.69) is 20.7 Å². The third kappa shape index (κ3) is 5.60. The number of imidazole rings is 1. The predicted molar refractivity (Wildman–Crippen MR) is 134 cm³/mol. The van der Waals surface area contributed by atoms with Crippen molar-refractivity contribution in [3.63, 3.8) is 0 Å². The Morgan fingerprint density at radius 2 is 1.97 bits per heavy atom. The van der Waals surface area contributed by atoms with Crippen molar-refractivity contribution in [2.24, 2.45) is 0 Å². The van der Waals surface area contributed by atoms with Gasteiger partial charge in [-0.05, 0) is 49.6 Å². The van der Waals surface area contributed by atoms with Crippen LogP contribution in [0, 0.1) is 6.92 Å². The summed E-state index contributed by atoms with van der Waals surface area (Å²) in [6, 6.07) is 14.0. The van der Waals surface area contributed by atoms with Gasteiger partial charge in [0.05, 0.1) is 29.7 Å². The maximum absolute atomic E-state index is 12.8. The molecule has 4 N–H and O–H groups in total. The summed E-state index contributed by atoms with van der Waals surface area (Å²) in [6.07, 6.45) is -1.75.